The summed E-state index contributed by atoms with van der Waals surface area (Å²) < 4.78 is 10.6. The highest BCUT2D eigenvalue weighted by Crippen LogP contribution is 2.29. The molecule has 0 radical (unpaired) electrons. The highest BCUT2D eigenvalue weighted by molar-refractivity contribution is 7.10. The van der Waals surface area contributed by atoms with Gasteiger partial charge in [-0.25, -0.2) is 0 Å². The second-order valence-electron chi connectivity index (χ2n) is 4.00. The maximum absolute atomic E-state index is 6.19. The zero-order valence-corrected chi connectivity index (χ0v) is 11.4. The predicted octanol–water partition coefficient (Wildman–Crippen LogP) is 3.01. The second kappa shape index (κ2) is 5.89. The molecule has 3 nitrogen and oxygen atoms in total. The van der Waals surface area contributed by atoms with Crippen molar-refractivity contribution in [2.24, 2.45) is 5.73 Å². The van der Waals surface area contributed by atoms with Crippen LogP contribution in [0.1, 0.15) is 16.5 Å². The Labute approximate surface area is 111 Å². The van der Waals surface area contributed by atoms with Crippen molar-refractivity contribution in [3.8, 4) is 11.5 Å². The number of benzene rings is 1. The van der Waals surface area contributed by atoms with E-state index in [-0.39, 0.29) is 6.04 Å². The zero-order chi connectivity index (χ0) is 13.0. The van der Waals surface area contributed by atoms with Crippen LogP contribution in [-0.2, 0) is 6.42 Å². The Morgan fingerprint density at radius 3 is 2.67 bits per heavy atom. The standard InChI is InChI=1S/C14H17NO2S/c1-16-11-6-5-10(13(9-11)17-2)8-12(15)14-4-3-7-18-14/h3-7,9,12H,8,15H2,1-2H3. The molecule has 1 aromatic heterocycles. The van der Waals surface area contributed by atoms with Crippen LogP contribution in [0, 0.1) is 0 Å². The Morgan fingerprint density at radius 1 is 1.22 bits per heavy atom. The monoisotopic (exact) mass is 263 g/mol. The van der Waals surface area contributed by atoms with Crippen LogP contribution in [-0.4, -0.2) is 14.2 Å². The molecule has 96 valence electrons. The van der Waals surface area contributed by atoms with Gasteiger partial charge in [-0.1, -0.05) is 12.1 Å². The molecule has 1 unspecified atom stereocenters. The van der Waals surface area contributed by atoms with Crippen molar-refractivity contribution in [3.63, 3.8) is 0 Å². The highest BCUT2D eigenvalue weighted by atomic mass is 32.1. The third-order valence-corrected chi connectivity index (χ3v) is 3.85. The molecule has 1 heterocycles. The summed E-state index contributed by atoms with van der Waals surface area (Å²) in [6.45, 7) is 0. The highest BCUT2D eigenvalue weighted by Gasteiger charge is 2.12. The number of rotatable bonds is 5. The lowest BCUT2D eigenvalue weighted by Crippen LogP contribution is -2.12. The van der Waals surface area contributed by atoms with E-state index in [4.69, 9.17) is 15.2 Å². The zero-order valence-electron chi connectivity index (χ0n) is 10.6. The Balaban J connectivity index is 2.18. The van der Waals surface area contributed by atoms with Gasteiger partial charge < -0.3 is 15.2 Å². The van der Waals surface area contributed by atoms with Crippen molar-refractivity contribution in [2.75, 3.05) is 14.2 Å². The first kappa shape index (κ1) is 12.9. The van der Waals surface area contributed by atoms with E-state index in [9.17, 15) is 0 Å². The van der Waals surface area contributed by atoms with Crippen LogP contribution in [0.5, 0.6) is 11.5 Å². The Bertz CT molecular complexity index is 497. The Morgan fingerprint density at radius 2 is 2.06 bits per heavy atom. The molecular weight excluding hydrogens is 246 g/mol. The third kappa shape index (κ3) is 2.83. The van der Waals surface area contributed by atoms with Crippen molar-refractivity contribution < 1.29 is 9.47 Å². The molecule has 0 amide bonds. The van der Waals surface area contributed by atoms with Crippen LogP contribution in [0.15, 0.2) is 35.7 Å². The molecular formula is C14H17NO2S. The van der Waals surface area contributed by atoms with Crippen LogP contribution in [0.3, 0.4) is 0 Å². The lowest BCUT2D eigenvalue weighted by molar-refractivity contribution is 0.390. The number of hydrogen-bond donors (Lipinski definition) is 1. The molecule has 0 fully saturated rings. The van der Waals surface area contributed by atoms with Crippen molar-refractivity contribution in [3.05, 3.63) is 46.2 Å². The van der Waals surface area contributed by atoms with Gasteiger partial charge in [0.05, 0.1) is 14.2 Å². The fourth-order valence-electron chi connectivity index (χ4n) is 1.86. The average molecular weight is 263 g/mol. The van der Waals surface area contributed by atoms with E-state index in [1.165, 1.54) is 4.88 Å². The Hall–Kier alpha value is -1.52. The molecule has 2 rings (SSSR count). The topological polar surface area (TPSA) is 44.5 Å². The van der Waals surface area contributed by atoms with Gasteiger partial charge in [0.15, 0.2) is 0 Å². The van der Waals surface area contributed by atoms with Crippen molar-refractivity contribution in [1.29, 1.82) is 0 Å². The van der Waals surface area contributed by atoms with Crippen LogP contribution < -0.4 is 15.2 Å². The van der Waals surface area contributed by atoms with Gasteiger partial charge in [-0.05, 0) is 29.5 Å². The molecule has 18 heavy (non-hydrogen) atoms. The first-order chi connectivity index (χ1) is 8.74. The van der Waals surface area contributed by atoms with Crippen LogP contribution in [0.2, 0.25) is 0 Å². The number of methoxy groups -OCH3 is 2. The molecule has 0 saturated heterocycles. The smallest absolute Gasteiger partial charge is 0.125 e. The maximum Gasteiger partial charge on any atom is 0.125 e. The number of hydrogen-bond acceptors (Lipinski definition) is 4. The normalized spacial score (nSPS) is 12.2. The quantitative estimate of drug-likeness (QED) is 0.902. The van der Waals surface area contributed by atoms with Gasteiger partial charge in [0, 0.05) is 17.0 Å². The number of thiophene rings is 1. The Kier molecular flexibility index (Phi) is 4.23. The summed E-state index contributed by atoms with van der Waals surface area (Å²) in [4.78, 5) is 1.19. The predicted molar refractivity (Wildman–Crippen MR) is 74.5 cm³/mol. The summed E-state index contributed by atoms with van der Waals surface area (Å²) in [7, 11) is 3.31. The number of ether oxygens (including phenoxy) is 2. The first-order valence-electron chi connectivity index (χ1n) is 5.74. The minimum atomic E-state index is 0.00675. The molecule has 0 bridgehead atoms. The van der Waals surface area contributed by atoms with Gasteiger partial charge in [-0.2, -0.15) is 0 Å². The van der Waals surface area contributed by atoms with Crippen molar-refractivity contribution in [2.45, 2.75) is 12.5 Å². The van der Waals surface area contributed by atoms with Crippen molar-refractivity contribution >= 4 is 11.3 Å². The van der Waals surface area contributed by atoms with Crippen LogP contribution in [0.25, 0.3) is 0 Å². The van der Waals surface area contributed by atoms with Gasteiger partial charge >= 0.3 is 0 Å². The molecule has 4 heteroatoms. The first-order valence-corrected chi connectivity index (χ1v) is 6.62. The summed E-state index contributed by atoms with van der Waals surface area (Å²) in [5, 5.41) is 2.04. The van der Waals surface area contributed by atoms with E-state index in [1.807, 2.05) is 29.6 Å². The molecule has 0 spiro atoms. The number of nitrogens with two attached hydrogens (primary N) is 1. The summed E-state index contributed by atoms with van der Waals surface area (Å²) in [6.07, 6.45) is 0.758. The molecule has 1 atom stereocenters. The minimum absolute atomic E-state index is 0.00675. The van der Waals surface area contributed by atoms with Gasteiger partial charge in [-0.15, -0.1) is 11.3 Å². The van der Waals surface area contributed by atoms with Gasteiger partial charge in [0.1, 0.15) is 11.5 Å². The summed E-state index contributed by atoms with van der Waals surface area (Å²) >= 11 is 1.68. The van der Waals surface area contributed by atoms with Crippen LogP contribution in [0.4, 0.5) is 0 Å². The summed E-state index contributed by atoms with van der Waals surface area (Å²) in [6, 6.07) is 9.91. The SMILES string of the molecule is COc1ccc(CC(N)c2cccs2)c(OC)c1. The van der Waals surface area contributed by atoms with Gasteiger partial charge in [0.2, 0.25) is 0 Å². The second-order valence-corrected chi connectivity index (χ2v) is 4.98. The minimum Gasteiger partial charge on any atom is -0.497 e. The summed E-state index contributed by atoms with van der Waals surface area (Å²) in [5.74, 6) is 1.61. The molecule has 0 saturated carbocycles. The molecule has 0 aliphatic carbocycles. The van der Waals surface area contributed by atoms with E-state index < -0.39 is 0 Å². The lowest BCUT2D eigenvalue weighted by atomic mass is 10.0. The van der Waals surface area contributed by atoms with E-state index >= 15 is 0 Å². The maximum atomic E-state index is 6.19. The van der Waals surface area contributed by atoms with Crippen molar-refractivity contribution in [1.82, 2.24) is 0 Å². The fraction of sp³-hybridized carbons (Fsp3) is 0.286. The van der Waals surface area contributed by atoms with E-state index in [2.05, 4.69) is 6.07 Å². The molecule has 2 N–H and O–H groups in total. The third-order valence-electron chi connectivity index (χ3n) is 2.84. The van der Waals surface area contributed by atoms with Gasteiger partial charge in [0.25, 0.3) is 0 Å². The molecule has 2 aromatic rings. The largest absolute Gasteiger partial charge is 0.497 e. The van der Waals surface area contributed by atoms with E-state index in [1.54, 1.807) is 25.6 Å². The molecule has 0 aliphatic rings. The van der Waals surface area contributed by atoms with Crippen LogP contribution >= 0.6 is 11.3 Å². The molecule has 1 aromatic carbocycles. The summed E-state index contributed by atoms with van der Waals surface area (Å²) in [5.41, 5.74) is 7.29. The van der Waals surface area contributed by atoms with E-state index in [0.29, 0.717) is 0 Å². The lowest BCUT2D eigenvalue weighted by Gasteiger charge is -2.14. The fourth-order valence-corrected chi connectivity index (χ4v) is 2.59. The average Bonchev–Trinajstić information content (AvgIpc) is 2.93. The van der Waals surface area contributed by atoms with E-state index in [0.717, 1.165) is 23.5 Å². The molecule has 0 aliphatic heterocycles. The van der Waals surface area contributed by atoms with Gasteiger partial charge in [-0.3, -0.25) is 0 Å².